The molecule has 0 aliphatic heterocycles. The number of carbonyl (C=O) groups is 2. The molecule has 0 spiro atoms. The Labute approximate surface area is 134 Å². The Morgan fingerprint density at radius 3 is 2.57 bits per heavy atom. The van der Waals surface area contributed by atoms with Crippen LogP contribution in [0, 0.1) is 0 Å². The highest BCUT2D eigenvalue weighted by molar-refractivity contribution is 6.05. The van der Waals surface area contributed by atoms with Crippen LogP contribution in [0.4, 0.5) is 5.69 Å². The first-order valence-electron chi connectivity index (χ1n) is 7.47. The number of anilines is 1. The number of benzene rings is 2. The summed E-state index contributed by atoms with van der Waals surface area (Å²) in [5, 5.41) is 11.7. The molecule has 0 radical (unpaired) electrons. The molecule has 2 N–H and O–H groups in total. The van der Waals surface area contributed by atoms with Gasteiger partial charge in [0.15, 0.2) is 0 Å². The summed E-state index contributed by atoms with van der Waals surface area (Å²) in [6.45, 7) is 2.70. The van der Waals surface area contributed by atoms with Crippen molar-refractivity contribution >= 4 is 17.6 Å². The fraction of sp³-hybridized carbons (Fsp3) is 0.222. The van der Waals surface area contributed by atoms with Crippen molar-refractivity contribution in [1.29, 1.82) is 0 Å². The van der Waals surface area contributed by atoms with Gasteiger partial charge in [-0.15, -0.1) is 0 Å². The summed E-state index contributed by atoms with van der Waals surface area (Å²) in [6.07, 6.45) is 2.00. The van der Waals surface area contributed by atoms with Gasteiger partial charge in [-0.25, -0.2) is 4.79 Å². The van der Waals surface area contributed by atoms with Crippen molar-refractivity contribution in [3.63, 3.8) is 0 Å². The van der Waals surface area contributed by atoms with E-state index in [-0.39, 0.29) is 11.5 Å². The first-order valence-corrected chi connectivity index (χ1v) is 7.47. The number of hydrogen-bond acceptors (Lipinski definition) is 3. The van der Waals surface area contributed by atoms with Crippen molar-refractivity contribution in [1.82, 2.24) is 0 Å². The van der Waals surface area contributed by atoms with Crippen molar-refractivity contribution in [2.45, 2.75) is 19.8 Å². The maximum atomic E-state index is 12.3. The molecule has 0 aliphatic carbocycles. The molecule has 0 heterocycles. The first-order chi connectivity index (χ1) is 11.1. The Hall–Kier alpha value is -2.82. The van der Waals surface area contributed by atoms with Gasteiger partial charge in [-0.05, 0) is 42.8 Å². The smallest absolute Gasteiger partial charge is 0.335 e. The predicted molar refractivity (Wildman–Crippen MR) is 88.2 cm³/mol. The third kappa shape index (κ3) is 4.85. The molecule has 0 saturated heterocycles. The zero-order valence-electron chi connectivity index (χ0n) is 12.9. The summed E-state index contributed by atoms with van der Waals surface area (Å²) in [6, 6.07) is 13.0. The summed E-state index contributed by atoms with van der Waals surface area (Å²) in [4.78, 5) is 23.2. The molecule has 0 bridgehead atoms. The molecular formula is C18H19NO4. The van der Waals surface area contributed by atoms with Crippen LogP contribution in [0.5, 0.6) is 5.75 Å². The molecule has 0 aromatic heterocycles. The quantitative estimate of drug-likeness (QED) is 0.762. The Bertz CT molecular complexity index is 697. The molecule has 0 saturated carbocycles. The van der Waals surface area contributed by atoms with E-state index in [1.54, 1.807) is 36.4 Å². The molecule has 5 nitrogen and oxygen atoms in total. The molecule has 5 heteroatoms. The van der Waals surface area contributed by atoms with Crippen molar-refractivity contribution in [2.24, 2.45) is 0 Å². The fourth-order valence-corrected chi connectivity index (χ4v) is 1.99. The van der Waals surface area contributed by atoms with E-state index in [0.717, 1.165) is 12.8 Å². The third-order valence-electron chi connectivity index (χ3n) is 3.23. The van der Waals surface area contributed by atoms with Crippen molar-refractivity contribution in [2.75, 3.05) is 11.9 Å². The number of aromatic carboxylic acids is 1. The van der Waals surface area contributed by atoms with Gasteiger partial charge < -0.3 is 15.2 Å². The van der Waals surface area contributed by atoms with Gasteiger partial charge in [0, 0.05) is 11.3 Å². The fourth-order valence-electron chi connectivity index (χ4n) is 1.99. The highest BCUT2D eigenvalue weighted by Crippen LogP contribution is 2.16. The average Bonchev–Trinajstić information content (AvgIpc) is 2.55. The van der Waals surface area contributed by atoms with E-state index in [1.807, 2.05) is 0 Å². The third-order valence-corrected chi connectivity index (χ3v) is 3.23. The van der Waals surface area contributed by atoms with E-state index in [1.165, 1.54) is 12.1 Å². The van der Waals surface area contributed by atoms with Gasteiger partial charge in [0.1, 0.15) is 5.75 Å². The number of carboxylic acid groups (broad SMARTS) is 1. The number of rotatable bonds is 7. The molecule has 1 amide bonds. The lowest BCUT2D eigenvalue weighted by molar-refractivity contribution is 0.0696. The van der Waals surface area contributed by atoms with Crippen LogP contribution < -0.4 is 10.1 Å². The van der Waals surface area contributed by atoms with Crippen LogP contribution >= 0.6 is 0 Å². The SMILES string of the molecule is CCCCOc1cccc(C(=O)Nc2cccc(C(=O)O)c2)c1. The number of carbonyl (C=O) groups excluding carboxylic acids is 1. The molecule has 120 valence electrons. The minimum Gasteiger partial charge on any atom is -0.494 e. The average molecular weight is 313 g/mol. The van der Waals surface area contributed by atoms with Crippen LogP contribution in [-0.2, 0) is 0 Å². The van der Waals surface area contributed by atoms with Crippen LogP contribution in [0.25, 0.3) is 0 Å². The van der Waals surface area contributed by atoms with Gasteiger partial charge in [0.05, 0.1) is 12.2 Å². The molecule has 2 rings (SSSR count). The lowest BCUT2D eigenvalue weighted by Crippen LogP contribution is -2.12. The van der Waals surface area contributed by atoms with Gasteiger partial charge in [0.25, 0.3) is 5.91 Å². The molecule has 0 aliphatic rings. The molecule has 23 heavy (non-hydrogen) atoms. The number of nitrogens with one attached hydrogen (secondary N) is 1. The van der Waals surface area contributed by atoms with Crippen LogP contribution in [0.1, 0.15) is 40.5 Å². The highest BCUT2D eigenvalue weighted by Gasteiger charge is 2.09. The Balaban J connectivity index is 2.07. The largest absolute Gasteiger partial charge is 0.494 e. The van der Waals surface area contributed by atoms with Crippen molar-refractivity contribution in [3.8, 4) is 5.75 Å². The van der Waals surface area contributed by atoms with E-state index in [4.69, 9.17) is 9.84 Å². The molecule has 2 aromatic carbocycles. The number of carboxylic acids is 1. The number of amides is 1. The lowest BCUT2D eigenvalue weighted by Gasteiger charge is -2.09. The molecule has 0 atom stereocenters. The summed E-state index contributed by atoms with van der Waals surface area (Å²) >= 11 is 0. The van der Waals surface area contributed by atoms with Crippen molar-refractivity contribution in [3.05, 3.63) is 59.7 Å². The number of hydrogen-bond donors (Lipinski definition) is 2. The second-order valence-electron chi connectivity index (χ2n) is 5.07. The van der Waals surface area contributed by atoms with Gasteiger partial charge in [-0.1, -0.05) is 25.5 Å². The standard InChI is InChI=1S/C18H19NO4/c1-2-3-10-23-16-9-5-6-13(12-16)17(20)19-15-8-4-7-14(11-15)18(21)22/h4-9,11-12H,2-3,10H2,1H3,(H,19,20)(H,21,22). The van der Waals surface area contributed by atoms with Crippen LogP contribution in [-0.4, -0.2) is 23.6 Å². The summed E-state index contributed by atoms with van der Waals surface area (Å²) in [5.74, 6) is -0.703. The topological polar surface area (TPSA) is 75.6 Å². The molecule has 0 fully saturated rings. The van der Waals surface area contributed by atoms with E-state index in [9.17, 15) is 9.59 Å². The summed E-state index contributed by atoms with van der Waals surface area (Å²) in [5.41, 5.74) is 1.02. The first kappa shape index (κ1) is 16.5. The van der Waals surface area contributed by atoms with Gasteiger partial charge in [0.2, 0.25) is 0 Å². The van der Waals surface area contributed by atoms with Crippen LogP contribution in [0.15, 0.2) is 48.5 Å². The second kappa shape index (κ2) is 7.98. The Morgan fingerprint density at radius 2 is 1.83 bits per heavy atom. The predicted octanol–water partition coefficient (Wildman–Crippen LogP) is 3.82. The number of ether oxygens (including phenoxy) is 1. The Kier molecular flexibility index (Phi) is 5.74. The van der Waals surface area contributed by atoms with E-state index in [2.05, 4.69) is 12.2 Å². The van der Waals surface area contributed by atoms with Gasteiger partial charge in [-0.2, -0.15) is 0 Å². The minimum atomic E-state index is -1.03. The normalized spacial score (nSPS) is 10.1. The van der Waals surface area contributed by atoms with E-state index < -0.39 is 5.97 Å². The van der Waals surface area contributed by atoms with Gasteiger partial charge in [-0.3, -0.25) is 4.79 Å². The number of unbranched alkanes of at least 4 members (excludes halogenated alkanes) is 1. The lowest BCUT2D eigenvalue weighted by atomic mass is 10.1. The van der Waals surface area contributed by atoms with Crippen LogP contribution in [0.2, 0.25) is 0 Å². The maximum Gasteiger partial charge on any atom is 0.335 e. The minimum absolute atomic E-state index is 0.124. The Morgan fingerprint density at radius 1 is 1.09 bits per heavy atom. The maximum absolute atomic E-state index is 12.3. The molecule has 0 unspecified atom stereocenters. The summed E-state index contributed by atoms with van der Waals surface area (Å²) < 4.78 is 5.58. The monoisotopic (exact) mass is 313 g/mol. The van der Waals surface area contributed by atoms with E-state index >= 15 is 0 Å². The zero-order chi connectivity index (χ0) is 16.7. The molecular weight excluding hydrogens is 294 g/mol. The van der Waals surface area contributed by atoms with Crippen LogP contribution in [0.3, 0.4) is 0 Å². The second-order valence-corrected chi connectivity index (χ2v) is 5.07. The summed E-state index contributed by atoms with van der Waals surface area (Å²) in [7, 11) is 0. The van der Waals surface area contributed by atoms with Crippen molar-refractivity contribution < 1.29 is 19.4 Å². The highest BCUT2D eigenvalue weighted by atomic mass is 16.5. The molecule has 2 aromatic rings. The van der Waals surface area contributed by atoms with E-state index in [0.29, 0.717) is 23.6 Å². The zero-order valence-corrected chi connectivity index (χ0v) is 12.9. The van der Waals surface area contributed by atoms with Gasteiger partial charge >= 0.3 is 5.97 Å².